The highest BCUT2D eigenvalue weighted by Gasteiger charge is 2.24. The molecule has 3 rings (SSSR count). The van der Waals surface area contributed by atoms with Crippen LogP contribution in [0.25, 0.3) is 10.6 Å². The highest BCUT2D eigenvalue weighted by atomic mass is 32.1. The summed E-state index contributed by atoms with van der Waals surface area (Å²) in [5.74, 6) is 0.180. The monoisotopic (exact) mass is 337 g/mol. The molecular weight excluding hydrogens is 318 g/mol. The van der Waals surface area contributed by atoms with E-state index in [1.807, 2.05) is 29.3 Å². The van der Waals surface area contributed by atoms with Crippen LogP contribution in [-0.2, 0) is 16.0 Å². The zero-order valence-corrected chi connectivity index (χ0v) is 14.1. The number of thiazole rings is 1. The van der Waals surface area contributed by atoms with Crippen molar-refractivity contribution in [2.45, 2.75) is 25.8 Å². The molecule has 1 atom stereocenters. The Bertz CT molecular complexity index is 639. The van der Waals surface area contributed by atoms with Gasteiger partial charge in [-0.15, -0.1) is 22.7 Å². The van der Waals surface area contributed by atoms with Crippen molar-refractivity contribution in [3.63, 3.8) is 0 Å². The van der Waals surface area contributed by atoms with Gasteiger partial charge in [-0.05, 0) is 24.8 Å². The molecule has 1 fully saturated rings. The summed E-state index contributed by atoms with van der Waals surface area (Å²) in [4.78, 5) is 20.9. The van der Waals surface area contributed by atoms with Gasteiger partial charge in [0.25, 0.3) is 0 Å². The molecule has 5 nitrogen and oxygen atoms in total. The Balaban J connectivity index is 1.68. The normalized spacial score (nSPS) is 18.6. The van der Waals surface area contributed by atoms with Crippen molar-refractivity contribution in [1.29, 1.82) is 0 Å². The minimum atomic E-state index is 0.157. The van der Waals surface area contributed by atoms with Gasteiger partial charge in [-0.25, -0.2) is 4.98 Å². The third-order valence-electron chi connectivity index (χ3n) is 3.72. The Morgan fingerprint density at radius 2 is 2.45 bits per heavy atom. The third-order valence-corrected chi connectivity index (χ3v) is 5.54. The predicted molar refractivity (Wildman–Crippen MR) is 90.2 cm³/mol. The second-order valence-electron chi connectivity index (χ2n) is 5.31. The summed E-state index contributed by atoms with van der Waals surface area (Å²) in [7, 11) is 0. The fourth-order valence-electron chi connectivity index (χ4n) is 2.61. The molecule has 118 valence electrons. The Labute approximate surface area is 137 Å². The van der Waals surface area contributed by atoms with Crippen molar-refractivity contribution in [1.82, 2.24) is 9.88 Å². The Morgan fingerprint density at radius 3 is 3.18 bits per heavy atom. The van der Waals surface area contributed by atoms with Crippen LogP contribution in [0.1, 0.15) is 18.2 Å². The molecule has 1 aliphatic rings. The molecule has 0 radical (unpaired) electrons. The first-order chi connectivity index (χ1) is 10.6. The van der Waals surface area contributed by atoms with Gasteiger partial charge in [-0.2, -0.15) is 0 Å². The third kappa shape index (κ3) is 3.31. The Hall–Kier alpha value is -1.44. The van der Waals surface area contributed by atoms with Crippen molar-refractivity contribution < 1.29 is 9.53 Å². The molecule has 3 heterocycles. The van der Waals surface area contributed by atoms with E-state index in [1.165, 1.54) is 11.3 Å². The minimum Gasteiger partial charge on any atom is -0.377 e. The second kappa shape index (κ2) is 6.76. The molecule has 1 saturated heterocycles. The number of hydrogen-bond donors (Lipinski definition) is 1. The number of aromatic nitrogens is 1. The lowest BCUT2D eigenvalue weighted by Gasteiger charge is -2.33. The van der Waals surface area contributed by atoms with Crippen LogP contribution >= 0.6 is 22.7 Å². The molecule has 1 amide bonds. The van der Waals surface area contributed by atoms with Gasteiger partial charge in [0.2, 0.25) is 5.91 Å². The van der Waals surface area contributed by atoms with E-state index in [0.29, 0.717) is 37.7 Å². The van der Waals surface area contributed by atoms with Crippen LogP contribution in [0.3, 0.4) is 0 Å². The molecule has 2 aromatic heterocycles. The number of ether oxygens (including phenoxy) is 1. The number of nitrogen functional groups attached to an aromatic ring is 1. The first-order valence-corrected chi connectivity index (χ1v) is 9.01. The number of carbonyl (C=O) groups is 1. The number of amides is 1. The number of nitrogens with two attached hydrogens (primary N) is 1. The van der Waals surface area contributed by atoms with Crippen LogP contribution in [0.4, 0.5) is 5.13 Å². The Morgan fingerprint density at radius 1 is 1.59 bits per heavy atom. The van der Waals surface area contributed by atoms with Crippen LogP contribution < -0.4 is 5.73 Å². The summed E-state index contributed by atoms with van der Waals surface area (Å²) in [6.45, 7) is 3.96. The quantitative estimate of drug-likeness (QED) is 0.931. The largest absolute Gasteiger partial charge is 0.377 e. The average molecular weight is 337 g/mol. The van der Waals surface area contributed by atoms with Crippen LogP contribution in [0.2, 0.25) is 0 Å². The van der Waals surface area contributed by atoms with E-state index >= 15 is 0 Å². The van der Waals surface area contributed by atoms with E-state index in [9.17, 15) is 4.79 Å². The van der Waals surface area contributed by atoms with Crippen LogP contribution in [0, 0.1) is 0 Å². The van der Waals surface area contributed by atoms with E-state index in [0.717, 1.165) is 15.4 Å². The van der Waals surface area contributed by atoms with E-state index in [2.05, 4.69) is 4.98 Å². The maximum absolute atomic E-state index is 12.4. The van der Waals surface area contributed by atoms with Crippen LogP contribution in [0.5, 0.6) is 0 Å². The zero-order valence-electron chi connectivity index (χ0n) is 12.4. The van der Waals surface area contributed by atoms with Gasteiger partial charge in [0, 0.05) is 17.8 Å². The highest BCUT2D eigenvalue weighted by molar-refractivity contribution is 7.17. The van der Waals surface area contributed by atoms with Crippen LogP contribution in [-0.4, -0.2) is 41.6 Å². The van der Waals surface area contributed by atoms with Gasteiger partial charge in [-0.1, -0.05) is 6.07 Å². The molecule has 0 saturated carbocycles. The van der Waals surface area contributed by atoms with Crippen LogP contribution in [0.15, 0.2) is 17.5 Å². The van der Waals surface area contributed by atoms with Gasteiger partial charge >= 0.3 is 0 Å². The highest BCUT2D eigenvalue weighted by Crippen LogP contribution is 2.33. The van der Waals surface area contributed by atoms with E-state index in [4.69, 9.17) is 10.5 Å². The number of aryl methyl sites for hydroxylation is 1. The summed E-state index contributed by atoms with van der Waals surface area (Å²) in [6, 6.07) is 4.19. The first-order valence-electron chi connectivity index (χ1n) is 7.31. The molecule has 0 aromatic carbocycles. The lowest BCUT2D eigenvalue weighted by atomic mass is 10.1. The van der Waals surface area contributed by atoms with E-state index in [-0.39, 0.29) is 11.9 Å². The fourth-order valence-corrected chi connectivity index (χ4v) is 4.26. The fraction of sp³-hybridized carbons (Fsp3) is 0.467. The van der Waals surface area contributed by atoms with Gasteiger partial charge in [0.15, 0.2) is 5.13 Å². The number of carbonyl (C=O) groups excluding carboxylic acids is 1. The van der Waals surface area contributed by atoms with Crippen molar-refractivity contribution in [2.24, 2.45) is 0 Å². The maximum Gasteiger partial charge on any atom is 0.223 e. The lowest BCUT2D eigenvalue weighted by Crippen LogP contribution is -2.47. The molecular formula is C15H19N3O2S2. The standard InChI is InChI=1S/C15H19N3O2S2/c1-10-9-20-7-6-18(10)13(19)5-4-12-14(17-15(16)22-12)11-3-2-8-21-11/h2-3,8,10H,4-7,9H2,1H3,(H2,16,17). The Kier molecular flexibility index (Phi) is 4.75. The predicted octanol–water partition coefficient (Wildman–Crippen LogP) is 2.63. The van der Waals surface area contributed by atoms with E-state index < -0.39 is 0 Å². The van der Waals surface area contributed by atoms with Gasteiger partial charge in [-0.3, -0.25) is 4.79 Å². The SMILES string of the molecule is CC1COCCN1C(=O)CCc1sc(N)nc1-c1cccs1. The summed E-state index contributed by atoms with van der Waals surface area (Å²) in [5, 5.41) is 2.58. The number of anilines is 1. The average Bonchev–Trinajstić information content (AvgIpc) is 3.14. The molecule has 1 unspecified atom stereocenters. The molecule has 22 heavy (non-hydrogen) atoms. The maximum atomic E-state index is 12.4. The lowest BCUT2D eigenvalue weighted by molar-refractivity contribution is -0.139. The van der Waals surface area contributed by atoms with Gasteiger partial charge < -0.3 is 15.4 Å². The topological polar surface area (TPSA) is 68.5 Å². The molecule has 0 bridgehead atoms. The van der Waals surface area contributed by atoms with Crippen molar-refractivity contribution in [3.8, 4) is 10.6 Å². The first kappa shape index (κ1) is 15.5. The molecule has 2 N–H and O–H groups in total. The van der Waals surface area contributed by atoms with Gasteiger partial charge in [0.1, 0.15) is 0 Å². The number of rotatable bonds is 4. The smallest absolute Gasteiger partial charge is 0.223 e. The summed E-state index contributed by atoms with van der Waals surface area (Å²) >= 11 is 3.12. The van der Waals surface area contributed by atoms with Crippen molar-refractivity contribution >= 4 is 33.7 Å². The van der Waals surface area contributed by atoms with Crippen molar-refractivity contribution in [3.05, 3.63) is 22.4 Å². The summed E-state index contributed by atoms with van der Waals surface area (Å²) in [6.07, 6.45) is 1.18. The molecule has 0 spiro atoms. The molecule has 2 aromatic rings. The minimum absolute atomic E-state index is 0.157. The number of nitrogens with zero attached hydrogens (tertiary/aromatic N) is 2. The molecule has 0 aliphatic carbocycles. The number of thiophene rings is 1. The summed E-state index contributed by atoms with van der Waals surface area (Å²) in [5.41, 5.74) is 6.79. The molecule has 7 heteroatoms. The molecule has 1 aliphatic heterocycles. The number of hydrogen-bond acceptors (Lipinski definition) is 6. The zero-order chi connectivity index (χ0) is 15.5. The van der Waals surface area contributed by atoms with Gasteiger partial charge in [0.05, 0.1) is 29.8 Å². The number of morpholine rings is 1. The van der Waals surface area contributed by atoms with E-state index in [1.54, 1.807) is 11.3 Å². The second-order valence-corrected chi connectivity index (χ2v) is 7.38. The van der Waals surface area contributed by atoms with Crippen molar-refractivity contribution in [2.75, 3.05) is 25.5 Å². The summed E-state index contributed by atoms with van der Waals surface area (Å²) < 4.78 is 5.38.